The van der Waals surface area contributed by atoms with Crippen molar-refractivity contribution in [2.45, 2.75) is 19.4 Å². The Bertz CT molecular complexity index is 755. The van der Waals surface area contributed by atoms with Crippen LogP contribution in [0.1, 0.15) is 28.1 Å². The SMILES string of the molecule is O=C(c1c[nH]c(=O)n(Cc2cccs2)c1=O)N1CCCC1. The first-order chi connectivity index (χ1) is 10.2. The molecule has 2 aromatic rings. The molecule has 1 saturated heterocycles. The van der Waals surface area contributed by atoms with Crippen LogP contribution in [0.3, 0.4) is 0 Å². The predicted octanol–water partition coefficient (Wildman–Crippen LogP) is 0.882. The van der Waals surface area contributed by atoms with E-state index < -0.39 is 11.2 Å². The van der Waals surface area contributed by atoms with Gasteiger partial charge >= 0.3 is 5.69 Å². The summed E-state index contributed by atoms with van der Waals surface area (Å²) in [6.07, 6.45) is 3.15. The lowest BCUT2D eigenvalue weighted by atomic mass is 10.3. The van der Waals surface area contributed by atoms with Crippen molar-refractivity contribution in [2.24, 2.45) is 0 Å². The van der Waals surface area contributed by atoms with Crippen LogP contribution in [-0.4, -0.2) is 33.4 Å². The van der Waals surface area contributed by atoms with Gasteiger partial charge in [0.25, 0.3) is 11.5 Å². The van der Waals surface area contributed by atoms with Crippen LogP contribution in [-0.2, 0) is 6.54 Å². The van der Waals surface area contributed by atoms with Crippen molar-refractivity contribution in [2.75, 3.05) is 13.1 Å². The Morgan fingerprint density at radius 3 is 2.71 bits per heavy atom. The molecule has 0 saturated carbocycles. The smallest absolute Gasteiger partial charge is 0.328 e. The Hall–Kier alpha value is -2.15. The van der Waals surface area contributed by atoms with Crippen LogP contribution in [0.25, 0.3) is 0 Å². The van der Waals surface area contributed by atoms with E-state index >= 15 is 0 Å². The summed E-state index contributed by atoms with van der Waals surface area (Å²) in [4.78, 5) is 41.6. The first-order valence-electron chi connectivity index (χ1n) is 6.81. The molecule has 6 nitrogen and oxygen atoms in total. The molecule has 0 bridgehead atoms. The molecule has 0 spiro atoms. The highest BCUT2D eigenvalue weighted by Gasteiger charge is 2.23. The van der Waals surface area contributed by atoms with Gasteiger partial charge in [-0.15, -0.1) is 11.3 Å². The molecule has 0 radical (unpaired) electrons. The fraction of sp³-hybridized carbons (Fsp3) is 0.357. The molecule has 7 heteroatoms. The molecule has 1 aliphatic heterocycles. The van der Waals surface area contributed by atoms with Crippen molar-refractivity contribution < 1.29 is 4.79 Å². The quantitative estimate of drug-likeness (QED) is 0.915. The molecule has 0 aromatic carbocycles. The Balaban J connectivity index is 1.97. The number of thiophene rings is 1. The number of nitrogens with one attached hydrogen (secondary N) is 1. The van der Waals surface area contributed by atoms with E-state index in [0.29, 0.717) is 13.1 Å². The maximum atomic E-state index is 12.4. The number of aromatic nitrogens is 2. The predicted molar refractivity (Wildman–Crippen MR) is 79.9 cm³/mol. The number of amides is 1. The molecule has 0 aliphatic carbocycles. The van der Waals surface area contributed by atoms with Crippen molar-refractivity contribution in [3.05, 3.63) is 55.0 Å². The van der Waals surface area contributed by atoms with E-state index in [1.54, 1.807) is 4.90 Å². The topological polar surface area (TPSA) is 75.2 Å². The molecule has 0 atom stereocenters. The molecular weight excluding hydrogens is 290 g/mol. The second-order valence-electron chi connectivity index (χ2n) is 4.98. The standard InChI is InChI=1S/C14H15N3O3S/c18-12(16-5-1-2-6-16)11-8-15-14(20)17(13(11)19)9-10-4-3-7-21-10/h3-4,7-8H,1-2,5-6,9H2,(H,15,20). The summed E-state index contributed by atoms with van der Waals surface area (Å²) in [6.45, 7) is 1.53. The van der Waals surface area contributed by atoms with Crippen molar-refractivity contribution in [3.8, 4) is 0 Å². The molecule has 1 amide bonds. The average molecular weight is 305 g/mol. The number of likely N-dealkylation sites (tertiary alicyclic amines) is 1. The minimum absolute atomic E-state index is 0.0352. The number of carbonyl (C=O) groups is 1. The lowest BCUT2D eigenvalue weighted by Crippen LogP contribution is -2.41. The van der Waals surface area contributed by atoms with E-state index in [0.717, 1.165) is 22.3 Å². The summed E-state index contributed by atoms with van der Waals surface area (Å²) in [7, 11) is 0. The maximum absolute atomic E-state index is 12.4. The van der Waals surface area contributed by atoms with Crippen LogP contribution in [0.5, 0.6) is 0 Å². The van der Waals surface area contributed by atoms with E-state index in [1.807, 2.05) is 17.5 Å². The number of hydrogen-bond donors (Lipinski definition) is 1. The second-order valence-corrected chi connectivity index (χ2v) is 6.01. The van der Waals surface area contributed by atoms with Gasteiger partial charge in [0, 0.05) is 24.2 Å². The van der Waals surface area contributed by atoms with Crippen molar-refractivity contribution in [1.82, 2.24) is 14.5 Å². The lowest BCUT2D eigenvalue weighted by Gasteiger charge is -2.15. The summed E-state index contributed by atoms with van der Waals surface area (Å²) in [5.74, 6) is -0.298. The fourth-order valence-electron chi connectivity index (χ4n) is 2.46. The molecule has 21 heavy (non-hydrogen) atoms. The highest BCUT2D eigenvalue weighted by molar-refractivity contribution is 7.09. The molecule has 2 aromatic heterocycles. The monoisotopic (exact) mass is 305 g/mol. The molecule has 3 heterocycles. The van der Waals surface area contributed by atoms with E-state index in [4.69, 9.17) is 0 Å². The van der Waals surface area contributed by atoms with Crippen LogP contribution in [0, 0.1) is 0 Å². The van der Waals surface area contributed by atoms with Gasteiger partial charge in [0.2, 0.25) is 0 Å². The van der Waals surface area contributed by atoms with Crippen LogP contribution < -0.4 is 11.2 Å². The highest BCUT2D eigenvalue weighted by atomic mass is 32.1. The van der Waals surface area contributed by atoms with Gasteiger partial charge < -0.3 is 9.88 Å². The molecule has 110 valence electrons. The molecule has 1 N–H and O–H groups in total. The van der Waals surface area contributed by atoms with Crippen LogP contribution in [0.15, 0.2) is 33.3 Å². The molecular formula is C14H15N3O3S. The average Bonchev–Trinajstić information content (AvgIpc) is 3.16. The Kier molecular flexibility index (Phi) is 3.74. The number of rotatable bonds is 3. The van der Waals surface area contributed by atoms with Gasteiger partial charge in [-0.25, -0.2) is 4.79 Å². The van der Waals surface area contributed by atoms with Gasteiger partial charge in [0.15, 0.2) is 0 Å². The van der Waals surface area contributed by atoms with Crippen LogP contribution >= 0.6 is 11.3 Å². The summed E-state index contributed by atoms with van der Waals surface area (Å²) in [6, 6.07) is 3.71. The maximum Gasteiger partial charge on any atom is 0.328 e. The van der Waals surface area contributed by atoms with Gasteiger partial charge in [-0.2, -0.15) is 0 Å². The number of aromatic amines is 1. The van der Waals surface area contributed by atoms with Crippen LogP contribution in [0.2, 0.25) is 0 Å². The van der Waals surface area contributed by atoms with Gasteiger partial charge in [-0.3, -0.25) is 14.2 Å². The minimum Gasteiger partial charge on any atom is -0.338 e. The largest absolute Gasteiger partial charge is 0.338 e. The van der Waals surface area contributed by atoms with E-state index in [1.165, 1.54) is 17.5 Å². The summed E-state index contributed by atoms with van der Waals surface area (Å²) < 4.78 is 1.08. The zero-order chi connectivity index (χ0) is 14.8. The van der Waals surface area contributed by atoms with Gasteiger partial charge in [0.1, 0.15) is 5.56 Å². The van der Waals surface area contributed by atoms with E-state index in [-0.39, 0.29) is 18.0 Å². The summed E-state index contributed by atoms with van der Waals surface area (Å²) in [5, 5.41) is 1.88. The number of H-pyrrole nitrogens is 1. The van der Waals surface area contributed by atoms with Crippen LogP contribution in [0.4, 0.5) is 0 Å². The van der Waals surface area contributed by atoms with Gasteiger partial charge in [-0.05, 0) is 24.3 Å². The first-order valence-corrected chi connectivity index (χ1v) is 7.69. The lowest BCUT2D eigenvalue weighted by molar-refractivity contribution is 0.0789. The third-order valence-corrected chi connectivity index (χ3v) is 4.44. The molecule has 1 aliphatic rings. The Morgan fingerprint density at radius 1 is 1.29 bits per heavy atom. The Labute approximate surface area is 124 Å². The fourth-order valence-corrected chi connectivity index (χ4v) is 3.15. The molecule has 3 rings (SSSR count). The van der Waals surface area contributed by atoms with Crippen molar-refractivity contribution in [1.29, 1.82) is 0 Å². The molecule has 0 unspecified atom stereocenters. The Morgan fingerprint density at radius 2 is 2.05 bits per heavy atom. The number of carbonyl (C=O) groups excluding carboxylic acids is 1. The molecule has 1 fully saturated rings. The highest BCUT2D eigenvalue weighted by Crippen LogP contribution is 2.11. The first kappa shape index (κ1) is 13.8. The number of hydrogen-bond acceptors (Lipinski definition) is 4. The number of nitrogens with zero attached hydrogens (tertiary/aromatic N) is 2. The van der Waals surface area contributed by atoms with E-state index in [9.17, 15) is 14.4 Å². The second kappa shape index (κ2) is 5.69. The zero-order valence-corrected chi connectivity index (χ0v) is 12.2. The van der Waals surface area contributed by atoms with Gasteiger partial charge in [-0.1, -0.05) is 6.07 Å². The zero-order valence-electron chi connectivity index (χ0n) is 11.4. The van der Waals surface area contributed by atoms with E-state index in [2.05, 4.69) is 4.98 Å². The van der Waals surface area contributed by atoms with Crippen molar-refractivity contribution in [3.63, 3.8) is 0 Å². The third-order valence-electron chi connectivity index (χ3n) is 3.58. The third kappa shape index (κ3) is 2.69. The summed E-state index contributed by atoms with van der Waals surface area (Å²) >= 11 is 1.47. The normalized spacial score (nSPS) is 14.6. The van der Waals surface area contributed by atoms with Gasteiger partial charge in [0.05, 0.1) is 6.54 Å². The van der Waals surface area contributed by atoms with Crippen molar-refractivity contribution >= 4 is 17.2 Å². The minimum atomic E-state index is -0.524. The summed E-state index contributed by atoms with van der Waals surface area (Å²) in [5.41, 5.74) is -0.983.